The second-order valence-corrected chi connectivity index (χ2v) is 7.46. The first-order valence-corrected chi connectivity index (χ1v) is 9.66. The Labute approximate surface area is 180 Å². The van der Waals surface area contributed by atoms with Crippen LogP contribution in [0.2, 0.25) is 10.0 Å². The second kappa shape index (κ2) is 8.86. The van der Waals surface area contributed by atoms with Crippen molar-refractivity contribution in [3.05, 3.63) is 68.2 Å². The van der Waals surface area contributed by atoms with Gasteiger partial charge in [0.15, 0.2) is 5.82 Å². The number of carbonyl (C=O) groups is 1. The van der Waals surface area contributed by atoms with Crippen molar-refractivity contribution >= 4 is 50.9 Å². The van der Waals surface area contributed by atoms with Crippen molar-refractivity contribution < 1.29 is 14.3 Å². The molecule has 0 unspecified atom stereocenters. The molecular weight excluding hydrogens is 469 g/mol. The summed E-state index contributed by atoms with van der Waals surface area (Å²) in [7, 11) is 3.04. The Bertz CT molecular complexity index is 1020. The molecule has 0 saturated carbocycles. The summed E-state index contributed by atoms with van der Waals surface area (Å²) in [6, 6.07) is 10.3. The minimum atomic E-state index is -0.347. The smallest absolute Gasteiger partial charge is 0.260 e. The Hall–Kier alpha value is -2.22. The molecule has 1 aromatic heterocycles. The quantitative estimate of drug-likeness (QED) is 0.517. The molecule has 0 radical (unpaired) electrons. The van der Waals surface area contributed by atoms with E-state index in [1.807, 2.05) is 6.07 Å². The maximum Gasteiger partial charge on any atom is 0.260 e. The van der Waals surface area contributed by atoms with Gasteiger partial charge in [-0.25, -0.2) is 0 Å². The molecule has 2 aromatic carbocycles. The molecule has 6 nitrogen and oxygen atoms in total. The van der Waals surface area contributed by atoms with Crippen LogP contribution in [0.1, 0.15) is 15.9 Å². The second-order valence-electron chi connectivity index (χ2n) is 5.79. The largest absolute Gasteiger partial charge is 0.497 e. The van der Waals surface area contributed by atoms with Crippen LogP contribution in [0.3, 0.4) is 0 Å². The fourth-order valence-electron chi connectivity index (χ4n) is 2.55. The van der Waals surface area contributed by atoms with Crippen LogP contribution in [0.25, 0.3) is 0 Å². The van der Waals surface area contributed by atoms with Crippen molar-refractivity contribution in [1.29, 1.82) is 0 Å². The number of halogens is 3. The summed E-state index contributed by atoms with van der Waals surface area (Å²) >= 11 is 15.4. The number of hydrogen-bond donors (Lipinski definition) is 1. The molecule has 1 amide bonds. The summed E-state index contributed by atoms with van der Waals surface area (Å²) in [5.41, 5.74) is 1.30. The molecule has 9 heteroatoms. The van der Waals surface area contributed by atoms with Gasteiger partial charge in [-0.3, -0.25) is 9.48 Å². The van der Waals surface area contributed by atoms with E-state index in [0.717, 1.165) is 5.56 Å². The summed E-state index contributed by atoms with van der Waals surface area (Å²) < 4.78 is 12.8. The highest BCUT2D eigenvalue weighted by Crippen LogP contribution is 2.28. The summed E-state index contributed by atoms with van der Waals surface area (Å²) in [6.45, 7) is 0.469. The monoisotopic (exact) mass is 483 g/mol. The lowest BCUT2D eigenvalue weighted by molar-refractivity contribution is 0.102. The van der Waals surface area contributed by atoms with E-state index in [1.54, 1.807) is 48.3 Å². The highest BCUT2D eigenvalue weighted by Gasteiger charge is 2.17. The number of amides is 1. The highest BCUT2D eigenvalue weighted by atomic mass is 79.9. The van der Waals surface area contributed by atoms with Gasteiger partial charge in [-0.05, 0) is 45.8 Å². The van der Waals surface area contributed by atoms with Gasteiger partial charge in [0.25, 0.3) is 5.91 Å². The van der Waals surface area contributed by atoms with Crippen LogP contribution >= 0.6 is 39.1 Å². The van der Waals surface area contributed by atoms with Crippen molar-refractivity contribution in [2.75, 3.05) is 19.5 Å². The van der Waals surface area contributed by atoms with E-state index in [0.29, 0.717) is 43.9 Å². The molecule has 3 rings (SSSR count). The molecule has 0 fully saturated rings. The predicted molar refractivity (Wildman–Crippen MR) is 113 cm³/mol. The summed E-state index contributed by atoms with van der Waals surface area (Å²) in [6.07, 6.45) is 1.77. The standard InChI is InChI=1S/C19H16BrCl2N3O3/c1-27-12-4-5-13(17(8-12)28-2)19(26)23-18-14(20)10-25(24-18)9-11-3-6-15(21)16(22)7-11/h3-8,10H,9H2,1-2H3,(H,23,24,26). The van der Waals surface area contributed by atoms with Gasteiger partial charge in [0, 0.05) is 12.3 Å². The van der Waals surface area contributed by atoms with Crippen LogP contribution < -0.4 is 14.8 Å². The predicted octanol–water partition coefficient (Wildman–Crippen LogP) is 5.27. The molecule has 28 heavy (non-hydrogen) atoms. The molecule has 1 N–H and O–H groups in total. The number of carbonyl (C=O) groups excluding carboxylic acids is 1. The first-order chi connectivity index (χ1) is 13.4. The molecule has 0 saturated heterocycles. The normalized spacial score (nSPS) is 10.6. The minimum Gasteiger partial charge on any atom is -0.497 e. The van der Waals surface area contributed by atoms with Gasteiger partial charge in [0.2, 0.25) is 0 Å². The van der Waals surface area contributed by atoms with Crippen LogP contribution in [-0.2, 0) is 6.54 Å². The van der Waals surface area contributed by atoms with Crippen molar-refractivity contribution in [3.63, 3.8) is 0 Å². The van der Waals surface area contributed by atoms with Crippen molar-refractivity contribution in [3.8, 4) is 11.5 Å². The van der Waals surface area contributed by atoms with Gasteiger partial charge in [-0.15, -0.1) is 0 Å². The first kappa shape index (κ1) is 20.5. The molecule has 146 valence electrons. The zero-order valence-electron chi connectivity index (χ0n) is 15.0. The van der Waals surface area contributed by atoms with Gasteiger partial charge in [0.1, 0.15) is 11.5 Å². The summed E-state index contributed by atoms with van der Waals surface area (Å²) in [5.74, 6) is 1.05. The average molecular weight is 485 g/mol. The number of nitrogens with zero attached hydrogens (tertiary/aromatic N) is 2. The third kappa shape index (κ3) is 4.60. The van der Waals surface area contributed by atoms with E-state index in [9.17, 15) is 4.79 Å². The third-order valence-corrected chi connectivity index (χ3v) is 5.25. The van der Waals surface area contributed by atoms with Crippen LogP contribution in [0.15, 0.2) is 47.1 Å². The number of hydrogen-bond acceptors (Lipinski definition) is 4. The number of methoxy groups -OCH3 is 2. The van der Waals surface area contributed by atoms with Crippen molar-refractivity contribution in [2.45, 2.75) is 6.54 Å². The van der Waals surface area contributed by atoms with Gasteiger partial charge in [-0.2, -0.15) is 5.10 Å². The maximum atomic E-state index is 12.7. The van der Waals surface area contributed by atoms with E-state index >= 15 is 0 Å². The lowest BCUT2D eigenvalue weighted by Crippen LogP contribution is -2.14. The zero-order chi connectivity index (χ0) is 20.3. The van der Waals surface area contributed by atoms with E-state index in [2.05, 4.69) is 26.3 Å². The maximum absolute atomic E-state index is 12.7. The fraction of sp³-hybridized carbons (Fsp3) is 0.158. The molecule has 0 aliphatic carbocycles. The van der Waals surface area contributed by atoms with Gasteiger partial charge < -0.3 is 14.8 Å². The molecule has 0 spiro atoms. The Morgan fingerprint density at radius 3 is 2.61 bits per heavy atom. The number of ether oxygens (including phenoxy) is 2. The van der Waals surface area contributed by atoms with Crippen molar-refractivity contribution in [1.82, 2.24) is 9.78 Å². The number of anilines is 1. The minimum absolute atomic E-state index is 0.347. The molecule has 0 aliphatic heterocycles. The number of nitrogens with one attached hydrogen (secondary N) is 1. The topological polar surface area (TPSA) is 65.4 Å². The Balaban J connectivity index is 1.78. The summed E-state index contributed by atoms with van der Waals surface area (Å²) in [4.78, 5) is 12.7. The number of rotatable bonds is 6. The molecule has 1 heterocycles. The highest BCUT2D eigenvalue weighted by molar-refractivity contribution is 9.10. The van der Waals surface area contributed by atoms with Crippen molar-refractivity contribution in [2.24, 2.45) is 0 Å². The molecule has 0 bridgehead atoms. The zero-order valence-corrected chi connectivity index (χ0v) is 18.1. The number of aromatic nitrogens is 2. The van der Waals surface area contributed by atoms with E-state index < -0.39 is 0 Å². The molecule has 0 aliphatic rings. The third-order valence-electron chi connectivity index (χ3n) is 3.93. The Morgan fingerprint density at radius 2 is 1.93 bits per heavy atom. The van der Waals surface area contributed by atoms with E-state index in [4.69, 9.17) is 32.7 Å². The lowest BCUT2D eigenvalue weighted by Gasteiger charge is -2.10. The lowest BCUT2D eigenvalue weighted by atomic mass is 10.1. The van der Waals surface area contributed by atoms with Gasteiger partial charge in [-0.1, -0.05) is 29.3 Å². The average Bonchev–Trinajstić information content (AvgIpc) is 3.02. The first-order valence-electron chi connectivity index (χ1n) is 8.11. The van der Waals surface area contributed by atoms with Crippen LogP contribution in [-0.4, -0.2) is 29.9 Å². The van der Waals surface area contributed by atoms with Gasteiger partial charge in [0.05, 0.1) is 40.8 Å². The number of benzene rings is 2. The van der Waals surface area contributed by atoms with Crippen LogP contribution in [0.4, 0.5) is 5.82 Å². The Morgan fingerprint density at radius 1 is 1.14 bits per heavy atom. The molecular formula is C19H16BrCl2N3O3. The Kier molecular flexibility index (Phi) is 6.49. The fourth-order valence-corrected chi connectivity index (χ4v) is 3.28. The van der Waals surface area contributed by atoms with E-state index in [-0.39, 0.29) is 5.91 Å². The SMILES string of the molecule is COc1ccc(C(=O)Nc2nn(Cc3ccc(Cl)c(Cl)c3)cc2Br)c(OC)c1. The van der Waals surface area contributed by atoms with Crippen LogP contribution in [0, 0.1) is 0 Å². The van der Waals surface area contributed by atoms with Gasteiger partial charge >= 0.3 is 0 Å². The molecule has 0 atom stereocenters. The van der Waals surface area contributed by atoms with Crippen LogP contribution in [0.5, 0.6) is 11.5 Å². The summed E-state index contributed by atoms with van der Waals surface area (Å²) in [5, 5.41) is 8.16. The van der Waals surface area contributed by atoms with E-state index in [1.165, 1.54) is 7.11 Å². The molecule has 3 aromatic rings.